The standard InChI is InChI=1S/C23H21BrFNO2/c24-21-12-18(10-11-22(21)25)13-23(27)26-14-19-8-4-5-9-20(19)16-28-15-17-6-2-1-3-7-17/h1-12H,13-16H2,(H,26,27). The Labute approximate surface area is 172 Å². The number of carbonyl (C=O) groups is 1. The lowest BCUT2D eigenvalue weighted by molar-refractivity contribution is -0.120. The highest BCUT2D eigenvalue weighted by Gasteiger charge is 2.08. The monoisotopic (exact) mass is 441 g/mol. The highest BCUT2D eigenvalue weighted by Crippen LogP contribution is 2.17. The van der Waals surface area contributed by atoms with Crippen LogP contribution < -0.4 is 5.32 Å². The Morgan fingerprint density at radius 2 is 1.61 bits per heavy atom. The van der Waals surface area contributed by atoms with Crippen molar-refractivity contribution >= 4 is 21.8 Å². The molecular weight excluding hydrogens is 421 g/mol. The third kappa shape index (κ3) is 6.01. The Morgan fingerprint density at radius 3 is 2.36 bits per heavy atom. The minimum absolute atomic E-state index is 0.112. The fourth-order valence-electron chi connectivity index (χ4n) is 2.82. The van der Waals surface area contributed by atoms with Crippen molar-refractivity contribution in [1.82, 2.24) is 5.32 Å². The Morgan fingerprint density at radius 1 is 0.893 bits per heavy atom. The second-order valence-corrected chi connectivity index (χ2v) is 7.30. The van der Waals surface area contributed by atoms with Gasteiger partial charge in [0.05, 0.1) is 24.1 Å². The lowest BCUT2D eigenvalue weighted by atomic mass is 10.1. The number of benzene rings is 3. The van der Waals surface area contributed by atoms with Crippen LogP contribution in [0.2, 0.25) is 0 Å². The van der Waals surface area contributed by atoms with Gasteiger partial charge >= 0.3 is 0 Å². The summed E-state index contributed by atoms with van der Waals surface area (Å²) in [5.41, 5.74) is 3.94. The first kappa shape index (κ1) is 20.2. The van der Waals surface area contributed by atoms with Gasteiger partial charge in [-0.2, -0.15) is 0 Å². The maximum absolute atomic E-state index is 13.3. The molecule has 0 radical (unpaired) electrons. The minimum Gasteiger partial charge on any atom is -0.372 e. The molecule has 0 aliphatic carbocycles. The van der Waals surface area contributed by atoms with Gasteiger partial charge in [0.2, 0.25) is 5.91 Å². The van der Waals surface area contributed by atoms with Crippen LogP contribution in [-0.2, 0) is 35.7 Å². The average Bonchev–Trinajstić information content (AvgIpc) is 2.71. The summed E-state index contributed by atoms with van der Waals surface area (Å²) in [7, 11) is 0. The number of nitrogens with one attached hydrogen (secondary N) is 1. The maximum atomic E-state index is 13.3. The van der Waals surface area contributed by atoms with Gasteiger partial charge in [-0.05, 0) is 50.3 Å². The molecule has 1 amide bonds. The van der Waals surface area contributed by atoms with Crippen LogP contribution >= 0.6 is 15.9 Å². The predicted octanol–water partition coefficient (Wildman–Crippen LogP) is 5.16. The first-order chi connectivity index (χ1) is 13.6. The van der Waals surface area contributed by atoms with E-state index < -0.39 is 0 Å². The first-order valence-electron chi connectivity index (χ1n) is 9.01. The highest BCUT2D eigenvalue weighted by atomic mass is 79.9. The lowest BCUT2D eigenvalue weighted by Gasteiger charge is -2.12. The number of ether oxygens (including phenoxy) is 1. The highest BCUT2D eigenvalue weighted by molar-refractivity contribution is 9.10. The van der Waals surface area contributed by atoms with Gasteiger partial charge in [-0.25, -0.2) is 4.39 Å². The van der Waals surface area contributed by atoms with Gasteiger partial charge < -0.3 is 10.1 Å². The van der Waals surface area contributed by atoms with Crippen LogP contribution in [0.1, 0.15) is 22.3 Å². The third-order valence-electron chi connectivity index (χ3n) is 4.31. The van der Waals surface area contributed by atoms with E-state index >= 15 is 0 Å². The summed E-state index contributed by atoms with van der Waals surface area (Å²) in [6, 6.07) is 22.5. The molecule has 1 N–H and O–H groups in total. The summed E-state index contributed by atoms with van der Waals surface area (Å²) >= 11 is 3.14. The van der Waals surface area contributed by atoms with Crippen LogP contribution in [0.5, 0.6) is 0 Å². The van der Waals surface area contributed by atoms with E-state index in [1.54, 1.807) is 12.1 Å². The molecule has 0 atom stereocenters. The fraction of sp³-hybridized carbons (Fsp3) is 0.174. The van der Waals surface area contributed by atoms with Crippen molar-refractivity contribution in [2.24, 2.45) is 0 Å². The van der Waals surface area contributed by atoms with Crippen LogP contribution in [0.25, 0.3) is 0 Å². The van der Waals surface area contributed by atoms with E-state index in [0.717, 1.165) is 22.3 Å². The van der Waals surface area contributed by atoms with Crippen molar-refractivity contribution < 1.29 is 13.9 Å². The van der Waals surface area contributed by atoms with Crippen LogP contribution in [0, 0.1) is 5.82 Å². The van der Waals surface area contributed by atoms with Crippen molar-refractivity contribution in [3.05, 3.63) is 105 Å². The smallest absolute Gasteiger partial charge is 0.224 e. The Kier molecular flexibility index (Phi) is 7.34. The van der Waals surface area contributed by atoms with Gasteiger partial charge in [-0.1, -0.05) is 60.7 Å². The Hall–Kier alpha value is -2.50. The molecule has 144 valence electrons. The predicted molar refractivity (Wildman–Crippen MR) is 111 cm³/mol. The van der Waals surface area contributed by atoms with E-state index in [1.165, 1.54) is 6.07 Å². The van der Waals surface area contributed by atoms with E-state index in [1.807, 2.05) is 54.6 Å². The zero-order valence-corrected chi connectivity index (χ0v) is 16.9. The van der Waals surface area contributed by atoms with Gasteiger partial charge in [0.15, 0.2) is 0 Å². The zero-order chi connectivity index (χ0) is 19.8. The molecular formula is C23H21BrFNO2. The van der Waals surface area contributed by atoms with E-state index in [2.05, 4.69) is 21.2 Å². The number of hydrogen-bond acceptors (Lipinski definition) is 2. The average molecular weight is 442 g/mol. The molecule has 0 unspecified atom stereocenters. The summed E-state index contributed by atoms with van der Waals surface area (Å²) in [5, 5.41) is 2.93. The third-order valence-corrected chi connectivity index (χ3v) is 4.92. The summed E-state index contributed by atoms with van der Waals surface area (Å²) in [4.78, 5) is 12.2. The molecule has 3 rings (SSSR count). The van der Waals surface area contributed by atoms with Crippen LogP contribution in [0.4, 0.5) is 4.39 Å². The molecule has 0 aliphatic heterocycles. The van der Waals surface area contributed by atoms with E-state index in [4.69, 9.17) is 4.74 Å². The molecule has 5 heteroatoms. The van der Waals surface area contributed by atoms with E-state index in [0.29, 0.717) is 24.2 Å². The zero-order valence-electron chi connectivity index (χ0n) is 15.3. The molecule has 0 saturated heterocycles. The number of carbonyl (C=O) groups excluding carboxylic acids is 1. The van der Waals surface area contributed by atoms with Crippen molar-refractivity contribution in [3.63, 3.8) is 0 Å². The molecule has 28 heavy (non-hydrogen) atoms. The quantitative estimate of drug-likeness (QED) is 0.523. The number of amides is 1. The van der Waals surface area contributed by atoms with Crippen molar-refractivity contribution in [2.45, 2.75) is 26.2 Å². The van der Waals surface area contributed by atoms with Gasteiger partial charge in [-0.15, -0.1) is 0 Å². The van der Waals surface area contributed by atoms with Crippen LogP contribution in [-0.4, -0.2) is 5.91 Å². The van der Waals surface area contributed by atoms with Crippen molar-refractivity contribution in [3.8, 4) is 0 Å². The molecule has 0 fully saturated rings. The summed E-state index contributed by atoms with van der Waals surface area (Å²) in [6.45, 7) is 1.44. The number of rotatable bonds is 8. The molecule has 3 aromatic rings. The van der Waals surface area contributed by atoms with Gasteiger partial charge in [0.25, 0.3) is 0 Å². The molecule has 0 aliphatic rings. The number of halogens is 2. The molecule has 0 saturated carbocycles. The van der Waals surface area contributed by atoms with Gasteiger partial charge in [-0.3, -0.25) is 4.79 Å². The summed E-state index contributed by atoms with van der Waals surface area (Å²) < 4.78 is 19.5. The van der Waals surface area contributed by atoms with Gasteiger partial charge in [0, 0.05) is 6.54 Å². The van der Waals surface area contributed by atoms with Gasteiger partial charge in [0.1, 0.15) is 5.82 Å². The molecule has 3 aromatic carbocycles. The van der Waals surface area contributed by atoms with Crippen molar-refractivity contribution in [1.29, 1.82) is 0 Å². The molecule has 0 spiro atoms. The van der Waals surface area contributed by atoms with E-state index in [9.17, 15) is 9.18 Å². The molecule has 0 heterocycles. The molecule has 0 bridgehead atoms. The normalized spacial score (nSPS) is 10.6. The summed E-state index contributed by atoms with van der Waals surface area (Å²) in [6.07, 6.45) is 0.200. The number of hydrogen-bond donors (Lipinski definition) is 1. The molecule has 3 nitrogen and oxygen atoms in total. The first-order valence-corrected chi connectivity index (χ1v) is 9.80. The Balaban J connectivity index is 1.52. The molecule has 0 aromatic heterocycles. The fourth-order valence-corrected chi connectivity index (χ4v) is 3.24. The van der Waals surface area contributed by atoms with Crippen molar-refractivity contribution in [2.75, 3.05) is 0 Å². The summed E-state index contributed by atoms with van der Waals surface area (Å²) in [5.74, 6) is -0.452. The second kappa shape index (κ2) is 10.2. The topological polar surface area (TPSA) is 38.3 Å². The lowest BCUT2D eigenvalue weighted by Crippen LogP contribution is -2.25. The maximum Gasteiger partial charge on any atom is 0.224 e. The van der Waals surface area contributed by atoms with E-state index in [-0.39, 0.29) is 18.1 Å². The largest absolute Gasteiger partial charge is 0.372 e. The SMILES string of the molecule is O=C(Cc1ccc(F)c(Br)c1)NCc1ccccc1COCc1ccccc1. The second-order valence-electron chi connectivity index (χ2n) is 6.45. The van der Waals surface area contributed by atoms with Crippen LogP contribution in [0.15, 0.2) is 77.3 Å². The Bertz CT molecular complexity index is 931. The minimum atomic E-state index is -0.339. The van der Waals surface area contributed by atoms with Crippen LogP contribution in [0.3, 0.4) is 0 Å².